The van der Waals surface area contributed by atoms with Crippen molar-refractivity contribution in [3.05, 3.63) is 93.4 Å². The van der Waals surface area contributed by atoms with Crippen LogP contribution in [0, 0.1) is 0 Å². The highest BCUT2D eigenvalue weighted by Gasteiger charge is 2.45. The summed E-state index contributed by atoms with van der Waals surface area (Å²) in [6, 6.07) is 21.7. The first-order valence-corrected chi connectivity index (χ1v) is 12.2. The quantitative estimate of drug-likeness (QED) is 0.393. The first-order chi connectivity index (χ1) is 16.3. The number of anilines is 2. The molecule has 1 aliphatic heterocycles. The number of hydrazine groups is 1. The molecule has 0 aliphatic carbocycles. The van der Waals surface area contributed by atoms with Crippen molar-refractivity contribution < 1.29 is 14.4 Å². The lowest BCUT2D eigenvalue weighted by Crippen LogP contribution is -2.49. The van der Waals surface area contributed by atoms with Crippen molar-refractivity contribution in [2.45, 2.75) is 12.5 Å². The predicted molar refractivity (Wildman–Crippen MR) is 141 cm³/mol. The number of thiocarbonyl (C=S) groups is 1. The molecule has 1 unspecified atom stereocenters. The third kappa shape index (κ3) is 5.35. The van der Waals surface area contributed by atoms with E-state index in [0.717, 1.165) is 8.95 Å². The van der Waals surface area contributed by atoms with Gasteiger partial charge in [-0.05, 0) is 72.9 Å². The molecule has 0 bridgehead atoms. The first kappa shape index (κ1) is 24.1. The molecule has 0 spiro atoms. The second-order valence-corrected chi connectivity index (χ2v) is 9.58. The number of benzene rings is 3. The van der Waals surface area contributed by atoms with Gasteiger partial charge in [0.15, 0.2) is 0 Å². The molecule has 3 aromatic rings. The van der Waals surface area contributed by atoms with Gasteiger partial charge >= 0.3 is 0 Å². The summed E-state index contributed by atoms with van der Waals surface area (Å²) in [5.41, 5.74) is 4.24. The smallest absolute Gasteiger partial charge is 0.269 e. The van der Waals surface area contributed by atoms with Gasteiger partial charge in [-0.2, -0.15) is 0 Å². The molecule has 1 fully saturated rings. The zero-order valence-corrected chi connectivity index (χ0v) is 21.6. The summed E-state index contributed by atoms with van der Waals surface area (Å²) in [5.74, 6) is -1.24. The molecule has 1 aliphatic rings. The van der Waals surface area contributed by atoms with Crippen molar-refractivity contribution in [2.75, 3.05) is 10.2 Å². The van der Waals surface area contributed by atoms with Crippen LogP contribution in [0.2, 0.25) is 0 Å². The summed E-state index contributed by atoms with van der Waals surface area (Å²) in [6.45, 7) is 0. The van der Waals surface area contributed by atoms with E-state index >= 15 is 0 Å². The van der Waals surface area contributed by atoms with E-state index in [1.807, 2.05) is 6.07 Å². The Morgan fingerprint density at radius 3 is 2.09 bits per heavy atom. The van der Waals surface area contributed by atoms with Crippen LogP contribution in [0.1, 0.15) is 16.8 Å². The van der Waals surface area contributed by atoms with E-state index in [4.69, 9.17) is 12.2 Å². The normalized spacial score (nSPS) is 15.4. The summed E-state index contributed by atoms with van der Waals surface area (Å²) in [5, 5.41) is 4.15. The maximum Gasteiger partial charge on any atom is 0.269 e. The maximum absolute atomic E-state index is 13.4. The lowest BCUT2D eigenvalue weighted by molar-refractivity contribution is -0.124. The van der Waals surface area contributed by atoms with Crippen LogP contribution >= 0.6 is 44.1 Å². The van der Waals surface area contributed by atoms with E-state index in [0.29, 0.717) is 16.9 Å². The Kier molecular flexibility index (Phi) is 7.40. The van der Waals surface area contributed by atoms with Crippen LogP contribution in [-0.4, -0.2) is 33.9 Å². The number of para-hydroxylation sites is 1. The van der Waals surface area contributed by atoms with Crippen molar-refractivity contribution in [1.29, 1.82) is 0 Å². The van der Waals surface area contributed by atoms with Gasteiger partial charge in [0.25, 0.3) is 11.8 Å². The van der Waals surface area contributed by atoms with Crippen LogP contribution in [0.3, 0.4) is 0 Å². The molecule has 0 radical (unpaired) electrons. The Balaban J connectivity index is 1.58. The number of hydrogen-bond acceptors (Lipinski definition) is 4. The lowest BCUT2D eigenvalue weighted by atomic mass is 10.1. The Hall–Kier alpha value is -3.08. The Labute approximate surface area is 218 Å². The number of carbonyl (C=O) groups excluding carboxylic acids is 3. The molecule has 1 atom stereocenters. The molecule has 34 heavy (non-hydrogen) atoms. The van der Waals surface area contributed by atoms with Crippen LogP contribution in [0.4, 0.5) is 11.4 Å². The van der Waals surface area contributed by atoms with Crippen LogP contribution in [0.5, 0.6) is 0 Å². The SMILES string of the molecule is O=C(CC1C(=O)N(c2ccccc2)C(=S)N1NC(=O)c1ccc(Br)cc1)Nc1ccc(Br)cc1. The number of rotatable bonds is 6. The van der Waals surface area contributed by atoms with E-state index in [1.54, 1.807) is 72.8 Å². The van der Waals surface area contributed by atoms with Crippen molar-refractivity contribution in [2.24, 2.45) is 0 Å². The number of halogens is 2. The van der Waals surface area contributed by atoms with E-state index in [2.05, 4.69) is 42.6 Å². The second-order valence-electron chi connectivity index (χ2n) is 7.38. The Bertz CT molecular complexity index is 1240. The molecule has 0 aromatic heterocycles. The predicted octanol–water partition coefficient (Wildman–Crippen LogP) is 4.89. The number of hydrogen-bond donors (Lipinski definition) is 2. The van der Waals surface area contributed by atoms with Crippen molar-refractivity contribution in [3.8, 4) is 0 Å². The molecular weight excluding hydrogens is 584 g/mol. The van der Waals surface area contributed by atoms with Gasteiger partial charge in [0.2, 0.25) is 11.0 Å². The topological polar surface area (TPSA) is 81.8 Å². The van der Waals surface area contributed by atoms with Gasteiger partial charge in [0.1, 0.15) is 6.04 Å². The number of nitrogens with one attached hydrogen (secondary N) is 2. The summed E-state index contributed by atoms with van der Waals surface area (Å²) in [7, 11) is 0. The van der Waals surface area contributed by atoms with Gasteiger partial charge in [0.05, 0.1) is 12.1 Å². The van der Waals surface area contributed by atoms with E-state index < -0.39 is 17.9 Å². The molecule has 0 saturated carbocycles. The van der Waals surface area contributed by atoms with Gasteiger partial charge in [-0.15, -0.1) is 0 Å². The first-order valence-electron chi connectivity index (χ1n) is 10.2. The molecule has 1 heterocycles. The molecule has 3 aromatic carbocycles. The molecule has 3 amide bonds. The fraction of sp³-hybridized carbons (Fsp3) is 0.0833. The lowest BCUT2D eigenvalue weighted by Gasteiger charge is -2.24. The third-order valence-electron chi connectivity index (χ3n) is 5.06. The summed E-state index contributed by atoms with van der Waals surface area (Å²) in [4.78, 5) is 40.4. The van der Waals surface area contributed by atoms with Gasteiger partial charge in [-0.1, -0.05) is 50.1 Å². The minimum Gasteiger partial charge on any atom is -0.326 e. The fourth-order valence-electron chi connectivity index (χ4n) is 3.41. The van der Waals surface area contributed by atoms with E-state index in [-0.39, 0.29) is 17.4 Å². The highest BCUT2D eigenvalue weighted by Crippen LogP contribution is 2.26. The summed E-state index contributed by atoms with van der Waals surface area (Å²) < 4.78 is 1.70. The molecule has 7 nitrogen and oxygen atoms in total. The van der Waals surface area contributed by atoms with Crippen molar-refractivity contribution >= 4 is 78.3 Å². The largest absolute Gasteiger partial charge is 0.326 e. The van der Waals surface area contributed by atoms with Gasteiger partial charge in [0, 0.05) is 20.2 Å². The number of amides is 3. The fourth-order valence-corrected chi connectivity index (χ4v) is 4.31. The monoisotopic (exact) mass is 600 g/mol. The zero-order chi connectivity index (χ0) is 24.2. The zero-order valence-electron chi connectivity index (χ0n) is 17.6. The number of nitrogens with zero attached hydrogens (tertiary/aromatic N) is 2. The molecule has 172 valence electrons. The highest BCUT2D eigenvalue weighted by atomic mass is 79.9. The minimum atomic E-state index is -1.01. The maximum atomic E-state index is 13.4. The Morgan fingerprint density at radius 2 is 1.47 bits per heavy atom. The molecule has 1 saturated heterocycles. The Morgan fingerprint density at radius 1 is 0.882 bits per heavy atom. The van der Waals surface area contributed by atoms with Crippen LogP contribution in [0.25, 0.3) is 0 Å². The van der Waals surface area contributed by atoms with Crippen LogP contribution in [-0.2, 0) is 9.59 Å². The van der Waals surface area contributed by atoms with E-state index in [9.17, 15) is 14.4 Å². The van der Waals surface area contributed by atoms with Gasteiger partial charge < -0.3 is 5.32 Å². The minimum absolute atomic E-state index is 0.0862. The molecular formula is C24H18Br2N4O3S. The van der Waals surface area contributed by atoms with Crippen molar-refractivity contribution in [3.63, 3.8) is 0 Å². The molecule has 10 heteroatoms. The van der Waals surface area contributed by atoms with Crippen molar-refractivity contribution in [1.82, 2.24) is 10.4 Å². The molecule has 4 rings (SSSR count). The van der Waals surface area contributed by atoms with Crippen LogP contribution in [0.15, 0.2) is 87.8 Å². The van der Waals surface area contributed by atoms with E-state index in [1.165, 1.54) is 9.91 Å². The standard InChI is InChI=1S/C24H18Br2N4O3S/c25-16-8-6-15(7-9-16)22(32)28-30-20(14-21(31)27-18-12-10-17(26)11-13-18)23(33)29(24(30)34)19-4-2-1-3-5-19/h1-13,20H,14H2,(H,27,31)(H,28,32). The van der Waals surface area contributed by atoms with Gasteiger partial charge in [-0.3, -0.25) is 24.7 Å². The highest BCUT2D eigenvalue weighted by molar-refractivity contribution is 9.10. The average Bonchev–Trinajstić information content (AvgIpc) is 3.05. The molecule has 2 N–H and O–H groups in total. The van der Waals surface area contributed by atoms with Crippen LogP contribution < -0.4 is 15.6 Å². The van der Waals surface area contributed by atoms with Gasteiger partial charge in [-0.25, -0.2) is 5.01 Å². The summed E-state index contributed by atoms with van der Waals surface area (Å²) in [6.07, 6.45) is -0.209. The third-order valence-corrected chi connectivity index (χ3v) is 6.50. The average molecular weight is 602 g/mol. The number of carbonyl (C=O) groups is 3. The second kappa shape index (κ2) is 10.5. The summed E-state index contributed by atoms with van der Waals surface area (Å²) >= 11 is 12.2.